The van der Waals surface area contributed by atoms with E-state index < -0.39 is 0 Å². The molecule has 2 aromatic heterocycles. The minimum absolute atomic E-state index is 0.0477. The molecule has 0 aliphatic rings. The summed E-state index contributed by atoms with van der Waals surface area (Å²) < 4.78 is 11.7. The molecule has 0 atom stereocenters. The maximum Gasteiger partial charge on any atom is 0.173 e. The molecule has 4 rings (SSSR count). The summed E-state index contributed by atoms with van der Waals surface area (Å²) in [4.78, 5) is 17.1. The quantitative estimate of drug-likeness (QED) is 0.296. The van der Waals surface area contributed by atoms with Gasteiger partial charge in [0.1, 0.15) is 16.2 Å². The molecular formula is C22H19N3O3S2. The van der Waals surface area contributed by atoms with Gasteiger partial charge in [-0.05, 0) is 25.1 Å². The van der Waals surface area contributed by atoms with E-state index in [1.54, 1.807) is 25.6 Å². The number of carbonyl (C=O) groups excluding carboxylic acids is 1. The third-order valence-corrected chi connectivity index (χ3v) is 6.42. The molecule has 0 aliphatic heterocycles. The highest BCUT2D eigenvalue weighted by Gasteiger charge is 2.18. The zero-order valence-electron chi connectivity index (χ0n) is 16.7. The van der Waals surface area contributed by atoms with Gasteiger partial charge in [-0.3, -0.25) is 4.79 Å². The van der Waals surface area contributed by atoms with Crippen molar-refractivity contribution in [2.24, 2.45) is 0 Å². The van der Waals surface area contributed by atoms with Crippen LogP contribution in [-0.2, 0) is 0 Å². The smallest absolute Gasteiger partial charge is 0.173 e. The first-order chi connectivity index (χ1) is 14.6. The second kappa shape index (κ2) is 8.81. The van der Waals surface area contributed by atoms with Gasteiger partial charge in [-0.25, -0.2) is 4.98 Å². The van der Waals surface area contributed by atoms with Crippen LogP contribution >= 0.6 is 23.1 Å². The van der Waals surface area contributed by atoms with Crippen LogP contribution in [0.15, 0.2) is 53.6 Å². The van der Waals surface area contributed by atoms with Gasteiger partial charge in [-0.1, -0.05) is 42.1 Å². The zero-order chi connectivity index (χ0) is 21.1. The van der Waals surface area contributed by atoms with Crippen LogP contribution in [0.2, 0.25) is 0 Å². The summed E-state index contributed by atoms with van der Waals surface area (Å²) in [6.45, 7) is 1.95. The van der Waals surface area contributed by atoms with Crippen LogP contribution < -0.4 is 9.47 Å². The van der Waals surface area contributed by atoms with Crippen LogP contribution in [0.4, 0.5) is 0 Å². The third-order valence-electron chi connectivity index (χ3n) is 4.49. The molecule has 0 saturated heterocycles. The van der Waals surface area contributed by atoms with Crippen molar-refractivity contribution in [2.75, 3.05) is 20.0 Å². The van der Waals surface area contributed by atoms with Crippen molar-refractivity contribution in [3.8, 4) is 22.8 Å². The summed E-state index contributed by atoms with van der Waals surface area (Å²) in [5, 5.41) is 10.4. The average Bonchev–Trinajstić information content (AvgIpc) is 3.18. The maximum absolute atomic E-state index is 12.5. The predicted octanol–water partition coefficient (Wildman–Crippen LogP) is 5.05. The van der Waals surface area contributed by atoms with Gasteiger partial charge in [0.15, 0.2) is 17.3 Å². The molecule has 0 N–H and O–H groups in total. The fraction of sp³-hybridized carbons (Fsp3) is 0.182. The van der Waals surface area contributed by atoms with Crippen molar-refractivity contribution in [1.82, 2.24) is 15.2 Å². The minimum atomic E-state index is 0.0477. The Hall–Kier alpha value is -2.97. The minimum Gasteiger partial charge on any atom is -0.493 e. The topological polar surface area (TPSA) is 74.2 Å². The van der Waals surface area contributed by atoms with Crippen molar-refractivity contribution in [3.05, 3.63) is 59.1 Å². The van der Waals surface area contributed by atoms with Crippen LogP contribution in [-0.4, -0.2) is 40.9 Å². The molecule has 0 bridgehead atoms. The Morgan fingerprint density at radius 3 is 2.53 bits per heavy atom. The number of thiazole rings is 1. The number of aryl methyl sites for hydroxylation is 1. The molecule has 0 amide bonds. The van der Waals surface area contributed by atoms with E-state index in [1.807, 2.05) is 55.5 Å². The number of aromatic nitrogens is 3. The molecule has 0 unspecified atom stereocenters. The molecule has 0 aliphatic carbocycles. The standard InChI is InChI=1S/C22H19N3O3S2/c1-13-23-20-21(30-13)19(15-9-10-17(27-2)18(11-15)28-3)24-25-22(20)29-12-16(26)14-7-5-4-6-8-14/h4-11H,12H2,1-3H3. The lowest BCUT2D eigenvalue weighted by molar-refractivity contribution is 0.102. The Bertz CT molecular complexity index is 1210. The van der Waals surface area contributed by atoms with E-state index in [2.05, 4.69) is 15.2 Å². The van der Waals surface area contributed by atoms with Gasteiger partial charge < -0.3 is 9.47 Å². The highest BCUT2D eigenvalue weighted by Crippen LogP contribution is 2.38. The number of hydrogen-bond donors (Lipinski definition) is 0. The van der Waals surface area contributed by atoms with Gasteiger partial charge in [0.2, 0.25) is 0 Å². The number of thioether (sulfide) groups is 1. The fourth-order valence-corrected chi connectivity index (χ4v) is 4.84. The predicted molar refractivity (Wildman–Crippen MR) is 120 cm³/mol. The molecule has 6 nitrogen and oxygen atoms in total. The van der Waals surface area contributed by atoms with Crippen molar-refractivity contribution in [2.45, 2.75) is 11.9 Å². The molecular weight excluding hydrogens is 418 g/mol. The van der Waals surface area contributed by atoms with E-state index in [1.165, 1.54) is 11.8 Å². The first-order valence-corrected chi connectivity index (χ1v) is 11.0. The second-order valence-corrected chi connectivity index (χ2v) is 8.58. The van der Waals surface area contributed by atoms with Crippen molar-refractivity contribution in [3.63, 3.8) is 0 Å². The molecule has 30 heavy (non-hydrogen) atoms. The third kappa shape index (κ3) is 4.01. The molecule has 0 saturated carbocycles. The van der Waals surface area contributed by atoms with Crippen LogP contribution in [0.3, 0.4) is 0 Å². The van der Waals surface area contributed by atoms with Crippen LogP contribution in [0.5, 0.6) is 11.5 Å². The van der Waals surface area contributed by atoms with E-state index in [0.717, 1.165) is 26.5 Å². The summed E-state index contributed by atoms with van der Waals surface area (Å²) >= 11 is 2.92. The van der Waals surface area contributed by atoms with Gasteiger partial charge >= 0.3 is 0 Å². The molecule has 0 spiro atoms. The monoisotopic (exact) mass is 437 g/mol. The molecule has 0 radical (unpaired) electrons. The SMILES string of the molecule is COc1ccc(-c2nnc(SCC(=O)c3ccccc3)c3nc(C)sc23)cc1OC. The van der Waals surface area contributed by atoms with E-state index in [9.17, 15) is 4.79 Å². The van der Waals surface area contributed by atoms with Gasteiger partial charge in [0.25, 0.3) is 0 Å². The van der Waals surface area contributed by atoms with E-state index in [4.69, 9.17) is 9.47 Å². The van der Waals surface area contributed by atoms with Crippen LogP contribution in [0.1, 0.15) is 15.4 Å². The van der Waals surface area contributed by atoms with Crippen molar-refractivity contribution < 1.29 is 14.3 Å². The number of fused-ring (bicyclic) bond motifs is 1. The molecule has 4 aromatic rings. The number of rotatable bonds is 7. The summed E-state index contributed by atoms with van der Waals surface area (Å²) in [6.07, 6.45) is 0. The molecule has 2 aromatic carbocycles. The summed E-state index contributed by atoms with van der Waals surface area (Å²) in [5.74, 6) is 1.60. The van der Waals surface area contributed by atoms with Crippen LogP contribution in [0.25, 0.3) is 21.5 Å². The molecule has 2 heterocycles. The number of nitrogens with zero attached hydrogens (tertiary/aromatic N) is 3. The van der Waals surface area contributed by atoms with Gasteiger partial charge in [0.05, 0.1) is 29.7 Å². The Morgan fingerprint density at radius 1 is 1.03 bits per heavy atom. The maximum atomic E-state index is 12.5. The van der Waals surface area contributed by atoms with Crippen molar-refractivity contribution >= 4 is 39.1 Å². The number of methoxy groups -OCH3 is 2. The van der Waals surface area contributed by atoms with Crippen molar-refractivity contribution in [1.29, 1.82) is 0 Å². The zero-order valence-corrected chi connectivity index (χ0v) is 18.3. The average molecular weight is 438 g/mol. The summed E-state index contributed by atoms with van der Waals surface area (Å²) in [5.41, 5.74) is 3.05. The lowest BCUT2D eigenvalue weighted by Gasteiger charge is -2.10. The number of ketones is 1. The number of hydrogen-bond acceptors (Lipinski definition) is 8. The largest absolute Gasteiger partial charge is 0.493 e. The Kier molecular flexibility index (Phi) is 5.96. The first kappa shape index (κ1) is 20.3. The first-order valence-electron chi connectivity index (χ1n) is 9.18. The van der Waals surface area contributed by atoms with Crippen LogP contribution in [0, 0.1) is 6.92 Å². The highest BCUT2D eigenvalue weighted by molar-refractivity contribution is 8.00. The summed E-state index contributed by atoms with van der Waals surface area (Å²) in [6, 6.07) is 14.9. The lowest BCUT2D eigenvalue weighted by Crippen LogP contribution is -2.03. The van der Waals surface area contributed by atoms with E-state index in [0.29, 0.717) is 22.1 Å². The van der Waals surface area contributed by atoms with Gasteiger partial charge in [-0.2, -0.15) is 0 Å². The number of ether oxygens (including phenoxy) is 2. The Morgan fingerprint density at radius 2 is 1.80 bits per heavy atom. The molecule has 152 valence electrons. The second-order valence-electron chi connectivity index (χ2n) is 6.41. The normalized spacial score (nSPS) is 10.9. The number of carbonyl (C=O) groups is 1. The fourth-order valence-electron chi connectivity index (χ4n) is 3.03. The van der Waals surface area contributed by atoms with Gasteiger partial charge in [0, 0.05) is 11.1 Å². The molecule has 8 heteroatoms. The number of benzene rings is 2. The Balaban J connectivity index is 1.68. The molecule has 0 fully saturated rings. The Labute approximate surface area is 182 Å². The summed E-state index contributed by atoms with van der Waals surface area (Å²) in [7, 11) is 3.20. The lowest BCUT2D eigenvalue weighted by atomic mass is 10.1. The van der Waals surface area contributed by atoms with Gasteiger partial charge in [-0.15, -0.1) is 21.5 Å². The number of Topliss-reactive ketones (excluding diaryl/α,β-unsaturated/α-hetero) is 1. The van der Waals surface area contributed by atoms with E-state index in [-0.39, 0.29) is 11.5 Å². The van der Waals surface area contributed by atoms with E-state index >= 15 is 0 Å². The highest BCUT2D eigenvalue weighted by atomic mass is 32.2.